The Balaban J connectivity index is 2.33. The van der Waals surface area contributed by atoms with Gasteiger partial charge in [0.2, 0.25) is 0 Å². The Labute approximate surface area is 120 Å². The number of nitrogens with two attached hydrogens (primary N) is 1. The number of pyridine rings is 2. The van der Waals surface area contributed by atoms with Gasteiger partial charge in [-0.05, 0) is 18.2 Å². The van der Waals surface area contributed by atoms with Gasteiger partial charge in [-0.3, -0.25) is 4.98 Å². The number of hydrogen-bond donors (Lipinski definition) is 1. The van der Waals surface area contributed by atoms with Crippen LogP contribution in [0.4, 0.5) is 5.82 Å². The molecule has 0 aliphatic rings. The molecular formula is C14H9Cl2N3. The Morgan fingerprint density at radius 1 is 1.00 bits per heavy atom. The highest BCUT2D eigenvalue weighted by Crippen LogP contribution is 2.34. The Hall–Kier alpha value is -1.84. The van der Waals surface area contributed by atoms with Gasteiger partial charge in [-0.2, -0.15) is 0 Å². The third-order valence-corrected chi connectivity index (χ3v) is 3.45. The molecule has 0 fully saturated rings. The summed E-state index contributed by atoms with van der Waals surface area (Å²) in [6.07, 6.45) is 1.75. The number of aromatic nitrogens is 2. The molecule has 0 radical (unpaired) electrons. The molecule has 0 spiro atoms. The summed E-state index contributed by atoms with van der Waals surface area (Å²) in [4.78, 5) is 8.59. The molecule has 2 aromatic heterocycles. The number of benzene rings is 1. The van der Waals surface area contributed by atoms with Crippen LogP contribution in [0, 0.1) is 0 Å². The van der Waals surface area contributed by atoms with Gasteiger partial charge in [-0.25, -0.2) is 4.98 Å². The molecule has 0 unspecified atom stereocenters. The van der Waals surface area contributed by atoms with Crippen LogP contribution in [0.1, 0.15) is 0 Å². The van der Waals surface area contributed by atoms with Crippen molar-refractivity contribution in [2.24, 2.45) is 0 Å². The van der Waals surface area contributed by atoms with Crippen LogP contribution in [0.15, 0.2) is 42.6 Å². The Morgan fingerprint density at radius 2 is 1.84 bits per heavy atom. The van der Waals surface area contributed by atoms with Gasteiger partial charge in [-0.1, -0.05) is 41.4 Å². The van der Waals surface area contributed by atoms with Crippen molar-refractivity contribution in [3.63, 3.8) is 0 Å². The molecule has 0 saturated carbocycles. The van der Waals surface area contributed by atoms with E-state index < -0.39 is 0 Å². The predicted octanol–water partition coefficient (Wildman–Crippen LogP) is 4.19. The van der Waals surface area contributed by atoms with Gasteiger partial charge in [0.25, 0.3) is 0 Å². The zero-order chi connectivity index (χ0) is 13.4. The molecule has 5 heteroatoms. The molecule has 0 aliphatic heterocycles. The number of anilines is 1. The highest BCUT2D eigenvalue weighted by Gasteiger charge is 2.12. The molecule has 19 heavy (non-hydrogen) atoms. The van der Waals surface area contributed by atoms with Crippen LogP contribution in [0.5, 0.6) is 0 Å². The van der Waals surface area contributed by atoms with Gasteiger partial charge in [0.15, 0.2) is 0 Å². The highest BCUT2D eigenvalue weighted by molar-refractivity contribution is 6.37. The summed E-state index contributed by atoms with van der Waals surface area (Å²) in [5.74, 6) is 0.266. The average molecular weight is 290 g/mol. The molecule has 3 rings (SSSR count). The molecule has 1 aromatic carbocycles. The van der Waals surface area contributed by atoms with Crippen LogP contribution in [0.25, 0.3) is 22.2 Å². The van der Waals surface area contributed by atoms with E-state index in [9.17, 15) is 0 Å². The molecule has 2 N–H and O–H groups in total. The second-order valence-corrected chi connectivity index (χ2v) is 4.88. The standard InChI is InChI=1S/C14H9Cl2N3/c15-10-7-11(16)14(17)19-13(10)9-3-1-5-12-8(9)4-2-6-18-12/h1-7H,(H2,17,19). The third-order valence-electron chi connectivity index (χ3n) is 2.86. The molecule has 3 nitrogen and oxygen atoms in total. The van der Waals surface area contributed by atoms with Crippen LogP contribution in [0.2, 0.25) is 10.0 Å². The average Bonchev–Trinajstić information content (AvgIpc) is 2.42. The van der Waals surface area contributed by atoms with E-state index in [1.54, 1.807) is 12.3 Å². The fourth-order valence-electron chi connectivity index (χ4n) is 1.98. The molecule has 0 bridgehead atoms. The molecule has 94 valence electrons. The van der Waals surface area contributed by atoms with Crippen molar-refractivity contribution in [2.45, 2.75) is 0 Å². The van der Waals surface area contributed by atoms with Gasteiger partial charge >= 0.3 is 0 Å². The minimum absolute atomic E-state index is 0.266. The Kier molecular flexibility index (Phi) is 3.01. The summed E-state index contributed by atoms with van der Waals surface area (Å²) in [7, 11) is 0. The molecular weight excluding hydrogens is 281 g/mol. The van der Waals surface area contributed by atoms with Crippen molar-refractivity contribution in [3.8, 4) is 11.3 Å². The first-order chi connectivity index (χ1) is 9.16. The van der Waals surface area contributed by atoms with Crippen molar-refractivity contribution in [2.75, 3.05) is 5.73 Å². The van der Waals surface area contributed by atoms with E-state index in [0.29, 0.717) is 15.7 Å². The monoisotopic (exact) mass is 289 g/mol. The second kappa shape index (κ2) is 4.68. The Bertz CT molecular complexity index is 766. The first-order valence-electron chi connectivity index (χ1n) is 5.62. The zero-order valence-electron chi connectivity index (χ0n) is 9.77. The smallest absolute Gasteiger partial charge is 0.143 e. The first kappa shape index (κ1) is 12.2. The fourth-order valence-corrected chi connectivity index (χ4v) is 2.44. The molecule has 0 atom stereocenters. The van der Waals surface area contributed by atoms with E-state index in [-0.39, 0.29) is 5.82 Å². The first-order valence-corrected chi connectivity index (χ1v) is 6.38. The summed E-state index contributed by atoms with van der Waals surface area (Å²) >= 11 is 12.1. The lowest BCUT2D eigenvalue weighted by molar-refractivity contribution is 1.33. The van der Waals surface area contributed by atoms with Crippen LogP contribution in [-0.4, -0.2) is 9.97 Å². The lowest BCUT2D eigenvalue weighted by Crippen LogP contribution is -1.95. The summed E-state index contributed by atoms with van der Waals surface area (Å²) < 4.78 is 0. The van der Waals surface area contributed by atoms with Gasteiger partial charge < -0.3 is 5.73 Å². The maximum Gasteiger partial charge on any atom is 0.143 e. The molecule has 0 amide bonds. The number of fused-ring (bicyclic) bond motifs is 1. The zero-order valence-corrected chi connectivity index (χ0v) is 11.3. The third kappa shape index (κ3) is 2.11. The maximum absolute atomic E-state index is 6.21. The fraction of sp³-hybridized carbons (Fsp3) is 0. The van der Waals surface area contributed by atoms with Crippen molar-refractivity contribution in [3.05, 3.63) is 52.6 Å². The highest BCUT2D eigenvalue weighted by atomic mass is 35.5. The van der Waals surface area contributed by atoms with Crippen LogP contribution in [-0.2, 0) is 0 Å². The molecule has 3 aromatic rings. The number of nitrogen functional groups attached to an aromatic ring is 1. The minimum atomic E-state index is 0.266. The van der Waals surface area contributed by atoms with E-state index in [4.69, 9.17) is 28.9 Å². The molecule has 0 aliphatic carbocycles. The summed E-state index contributed by atoms with van der Waals surface area (Å²) in [5.41, 5.74) is 8.14. The van der Waals surface area contributed by atoms with Gasteiger partial charge in [0.1, 0.15) is 5.82 Å². The number of nitrogens with zero attached hydrogens (tertiary/aromatic N) is 2. The topological polar surface area (TPSA) is 51.8 Å². The van der Waals surface area contributed by atoms with E-state index in [0.717, 1.165) is 16.5 Å². The lowest BCUT2D eigenvalue weighted by atomic mass is 10.0. The molecule has 0 saturated heterocycles. The van der Waals surface area contributed by atoms with Crippen molar-refractivity contribution in [1.29, 1.82) is 0 Å². The van der Waals surface area contributed by atoms with E-state index in [1.165, 1.54) is 0 Å². The number of rotatable bonds is 1. The van der Waals surface area contributed by atoms with E-state index in [1.807, 2.05) is 30.3 Å². The van der Waals surface area contributed by atoms with Crippen molar-refractivity contribution >= 4 is 39.9 Å². The lowest BCUT2D eigenvalue weighted by Gasteiger charge is -2.09. The van der Waals surface area contributed by atoms with Gasteiger partial charge in [0.05, 0.1) is 21.3 Å². The normalized spacial score (nSPS) is 10.8. The van der Waals surface area contributed by atoms with Crippen LogP contribution < -0.4 is 5.73 Å². The van der Waals surface area contributed by atoms with E-state index in [2.05, 4.69) is 9.97 Å². The summed E-state index contributed by atoms with van der Waals surface area (Å²) in [6.45, 7) is 0. The van der Waals surface area contributed by atoms with Gasteiger partial charge in [-0.15, -0.1) is 0 Å². The Morgan fingerprint density at radius 3 is 2.68 bits per heavy atom. The second-order valence-electron chi connectivity index (χ2n) is 4.06. The number of hydrogen-bond acceptors (Lipinski definition) is 3. The number of halogens is 2. The van der Waals surface area contributed by atoms with Crippen molar-refractivity contribution in [1.82, 2.24) is 9.97 Å². The SMILES string of the molecule is Nc1nc(-c2cccc3ncccc23)c(Cl)cc1Cl. The van der Waals surface area contributed by atoms with Crippen LogP contribution >= 0.6 is 23.2 Å². The van der Waals surface area contributed by atoms with Crippen LogP contribution in [0.3, 0.4) is 0 Å². The summed E-state index contributed by atoms with van der Waals surface area (Å²) in [5, 5.41) is 1.80. The van der Waals surface area contributed by atoms with Crippen molar-refractivity contribution < 1.29 is 0 Å². The quantitative estimate of drug-likeness (QED) is 0.731. The molecule has 2 heterocycles. The minimum Gasteiger partial charge on any atom is -0.382 e. The van der Waals surface area contributed by atoms with Gasteiger partial charge in [0, 0.05) is 17.1 Å². The largest absolute Gasteiger partial charge is 0.382 e. The maximum atomic E-state index is 6.21. The predicted molar refractivity (Wildman–Crippen MR) is 79.4 cm³/mol. The van der Waals surface area contributed by atoms with E-state index >= 15 is 0 Å². The summed E-state index contributed by atoms with van der Waals surface area (Å²) in [6, 6.07) is 11.2.